The number of benzene rings is 2. The Morgan fingerprint density at radius 1 is 1.20 bits per heavy atom. The van der Waals surface area contributed by atoms with Gasteiger partial charge in [-0.05, 0) is 42.8 Å². The zero-order valence-electron chi connectivity index (χ0n) is 11.4. The molecular formula is C16H15BrO3. The number of carbonyl (C=O) groups excluding carboxylic acids is 1. The van der Waals surface area contributed by atoms with E-state index in [1.807, 2.05) is 30.3 Å². The van der Waals surface area contributed by atoms with Gasteiger partial charge in [-0.25, -0.2) is 0 Å². The summed E-state index contributed by atoms with van der Waals surface area (Å²) in [6, 6.07) is 13.0. The second-order valence-electron chi connectivity index (χ2n) is 4.38. The number of hydrogen-bond acceptors (Lipinski definition) is 3. The minimum absolute atomic E-state index is 0.0330. The molecule has 2 aromatic carbocycles. The lowest BCUT2D eigenvalue weighted by molar-refractivity contribution is 0.101. The Balaban J connectivity index is 2.30. The third kappa shape index (κ3) is 3.68. The van der Waals surface area contributed by atoms with E-state index in [2.05, 4.69) is 15.9 Å². The van der Waals surface area contributed by atoms with E-state index in [1.54, 1.807) is 19.2 Å². The summed E-state index contributed by atoms with van der Waals surface area (Å²) >= 11 is 3.36. The van der Waals surface area contributed by atoms with E-state index in [9.17, 15) is 4.79 Å². The van der Waals surface area contributed by atoms with Crippen LogP contribution >= 0.6 is 15.9 Å². The maximum absolute atomic E-state index is 11.7. The first kappa shape index (κ1) is 14.8. The monoisotopic (exact) mass is 334 g/mol. The van der Waals surface area contributed by atoms with Crippen LogP contribution in [-0.2, 0) is 11.3 Å². The highest BCUT2D eigenvalue weighted by Gasteiger charge is 2.10. The van der Waals surface area contributed by atoms with Crippen LogP contribution in [0.1, 0.15) is 22.8 Å². The predicted molar refractivity (Wildman–Crippen MR) is 81.4 cm³/mol. The van der Waals surface area contributed by atoms with E-state index in [4.69, 9.17) is 9.47 Å². The van der Waals surface area contributed by atoms with Crippen molar-refractivity contribution in [2.45, 2.75) is 13.5 Å². The molecule has 4 heteroatoms. The van der Waals surface area contributed by atoms with Gasteiger partial charge in [-0.2, -0.15) is 0 Å². The highest BCUT2D eigenvalue weighted by atomic mass is 79.9. The van der Waals surface area contributed by atoms with Crippen molar-refractivity contribution in [3.05, 3.63) is 58.1 Å². The Kier molecular flexibility index (Phi) is 4.93. The average Bonchev–Trinajstić information content (AvgIpc) is 2.41. The quantitative estimate of drug-likeness (QED) is 0.750. The minimum Gasteiger partial charge on any atom is -0.457 e. The maximum atomic E-state index is 11.7. The van der Waals surface area contributed by atoms with Crippen LogP contribution in [0.5, 0.6) is 11.5 Å². The Labute approximate surface area is 126 Å². The smallest absolute Gasteiger partial charge is 0.163 e. The third-order valence-electron chi connectivity index (χ3n) is 2.76. The molecule has 0 saturated heterocycles. The summed E-state index contributed by atoms with van der Waals surface area (Å²) in [6.07, 6.45) is 0. The van der Waals surface area contributed by atoms with E-state index >= 15 is 0 Å². The fourth-order valence-corrected chi connectivity index (χ4v) is 2.22. The van der Waals surface area contributed by atoms with Crippen molar-refractivity contribution in [2.75, 3.05) is 7.11 Å². The molecular weight excluding hydrogens is 320 g/mol. The number of ether oxygens (including phenoxy) is 2. The summed E-state index contributed by atoms with van der Waals surface area (Å²) in [4.78, 5) is 11.7. The van der Waals surface area contributed by atoms with Gasteiger partial charge in [0, 0.05) is 11.6 Å². The lowest BCUT2D eigenvalue weighted by atomic mass is 10.1. The van der Waals surface area contributed by atoms with E-state index in [0.29, 0.717) is 23.7 Å². The molecule has 0 aromatic heterocycles. The van der Waals surface area contributed by atoms with Crippen LogP contribution in [0.4, 0.5) is 0 Å². The molecule has 0 atom stereocenters. The van der Waals surface area contributed by atoms with E-state index < -0.39 is 0 Å². The summed E-state index contributed by atoms with van der Waals surface area (Å²) in [7, 11) is 1.65. The van der Waals surface area contributed by atoms with Gasteiger partial charge in [0.05, 0.1) is 12.2 Å². The molecule has 0 radical (unpaired) electrons. The minimum atomic E-state index is -0.0330. The van der Waals surface area contributed by atoms with Gasteiger partial charge in [-0.15, -0.1) is 0 Å². The van der Waals surface area contributed by atoms with Crippen LogP contribution in [0.15, 0.2) is 46.9 Å². The highest BCUT2D eigenvalue weighted by Crippen LogP contribution is 2.29. The summed E-state index contributed by atoms with van der Waals surface area (Å²) in [5.74, 6) is 1.20. The van der Waals surface area contributed by atoms with Gasteiger partial charge in [0.2, 0.25) is 0 Å². The van der Waals surface area contributed by atoms with Crippen molar-refractivity contribution in [3.63, 3.8) is 0 Å². The molecule has 0 saturated carbocycles. The summed E-state index contributed by atoms with van der Waals surface area (Å²) in [6.45, 7) is 2.05. The maximum Gasteiger partial charge on any atom is 0.163 e. The zero-order valence-corrected chi connectivity index (χ0v) is 12.9. The van der Waals surface area contributed by atoms with Gasteiger partial charge in [0.1, 0.15) is 11.5 Å². The molecule has 20 heavy (non-hydrogen) atoms. The Morgan fingerprint density at radius 2 is 2.00 bits per heavy atom. The number of hydrogen-bond donors (Lipinski definition) is 0. The first-order valence-electron chi connectivity index (χ1n) is 6.16. The molecule has 0 aliphatic carbocycles. The summed E-state index contributed by atoms with van der Waals surface area (Å²) in [5, 5.41) is 0. The van der Waals surface area contributed by atoms with E-state index in [0.717, 1.165) is 10.0 Å². The lowest BCUT2D eigenvalue weighted by Crippen LogP contribution is -1.97. The van der Waals surface area contributed by atoms with Crippen LogP contribution in [-0.4, -0.2) is 12.9 Å². The molecule has 3 nitrogen and oxygen atoms in total. The molecule has 104 valence electrons. The van der Waals surface area contributed by atoms with Crippen molar-refractivity contribution in [2.24, 2.45) is 0 Å². The van der Waals surface area contributed by atoms with Crippen molar-refractivity contribution < 1.29 is 14.3 Å². The number of halogens is 1. The van der Waals surface area contributed by atoms with Crippen LogP contribution < -0.4 is 4.74 Å². The highest BCUT2D eigenvalue weighted by molar-refractivity contribution is 9.10. The molecule has 0 amide bonds. The van der Waals surface area contributed by atoms with Gasteiger partial charge < -0.3 is 9.47 Å². The standard InChI is InChI=1S/C16H15BrO3/c1-11(18)15-9-13(17)6-7-16(15)20-14-5-3-4-12(8-14)10-19-2/h3-9H,10H2,1-2H3. The molecule has 2 aromatic rings. The molecule has 0 fully saturated rings. The Bertz CT molecular complexity index is 623. The number of Topliss-reactive ketones (excluding diaryl/α,β-unsaturated/α-hetero) is 1. The van der Waals surface area contributed by atoms with E-state index in [1.165, 1.54) is 6.92 Å². The fourth-order valence-electron chi connectivity index (χ4n) is 1.86. The Hall–Kier alpha value is -1.65. The summed E-state index contributed by atoms with van der Waals surface area (Å²) in [5.41, 5.74) is 1.57. The van der Waals surface area contributed by atoms with Crippen LogP contribution in [0.25, 0.3) is 0 Å². The average molecular weight is 335 g/mol. The fraction of sp³-hybridized carbons (Fsp3) is 0.188. The second-order valence-corrected chi connectivity index (χ2v) is 5.29. The SMILES string of the molecule is COCc1cccc(Oc2ccc(Br)cc2C(C)=O)c1. The van der Waals surface area contributed by atoms with Crippen molar-refractivity contribution in [1.29, 1.82) is 0 Å². The molecule has 0 N–H and O–H groups in total. The van der Waals surface area contributed by atoms with Gasteiger partial charge in [0.25, 0.3) is 0 Å². The zero-order chi connectivity index (χ0) is 14.5. The van der Waals surface area contributed by atoms with Crippen LogP contribution in [0.2, 0.25) is 0 Å². The topological polar surface area (TPSA) is 35.5 Å². The molecule has 0 aliphatic heterocycles. The number of carbonyl (C=O) groups is 1. The second kappa shape index (κ2) is 6.68. The first-order valence-corrected chi connectivity index (χ1v) is 6.95. The number of ketones is 1. The third-order valence-corrected chi connectivity index (χ3v) is 3.25. The van der Waals surface area contributed by atoms with Crippen LogP contribution in [0.3, 0.4) is 0 Å². The number of methoxy groups -OCH3 is 1. The Morgan fingerprint density at radius 3 is 2.70 bits per heavy atom. The van der Waals surface area contributed by atoms with Crippen molar-refractivity contribution in [3.8, 4) is 11.5 Å². The van der Waals surface area contributed by atoms with Gasteiger partial charge in [0.15, 0.2) is 5.78 Å². The van der Waals surface area contributed by atoms with E-state index in [-0.39, 0.29) is 5.78 Å². The van der Waals surface area contributed by atoms with Gasteiger partial charge >= 0.3 is 0 Å². The molecule has 0 aliphatic rings. The van der Waals surface area contributed by atoms with Gasteiger partial charge in [-0.3, -0.25) is 4.79 Å². The summed E-state index contributed by atoms with van der Waals surface area (Å²) < 4.78 is 11.8. The molecule has 0 bridgehead atoms. The normalized spacial score (nSPS) is 10.3. The van der Waals surface area contributed by atoms with Crippen LogP contribution in [0, 0.1) is 0 Å². The van der Waals surface area contributed by atoms with Gasteiger partial charge in [-0.1, -0.05) is 28.1 Å². The molecule has 0 heterocycles. The molecule has 2 rings (SSSR count). The number of rotatable bonds is 5. The molecule has 0 unspecified atom stereocenters. The predicted octanol–water partition coefficient (Wildman–Crippen LogP) is 4.59. The van der Waals surface area contributed by atoms with Crippen molar-refractivity contribution in [1.82, 2.24) is 0 Å². The molecule has 0 spiro atoms. The first-order chi connectivity index (χ1) is 9.60. The largest absolute Gasteiger partial charge is 0.457 e. The lowest BCUT2D eigenvalue weighted by Gasteiger charge is -2.11. The van der Waals surface area contributed by atoms with Crippen molar-refractivity contribution >= 4 is 21.7 Å².